The van der Waals surface area contributed by atoms with Gasteiger partial charge in [-0.15, -0.1) is 0 Å². The van der Waals surface area contributed by atoms with E-state index in [-0.39, 0.29) is 6.42 Å². The molecule has 0 unspecified atom stereocenters. The lowest BCUT2D eigenvalue weighted by Crippen LogP contribution is -2.33. The number of anilines is 1. The van der Waals surface area contributed by atoms with Gasteiger partial charge in [0.1, 0.15) is 12.1 Å². The highest BCUT2D eigenvalue weighted by Gasteiger charge is 2.23. The van der Waals surface area contributed by atoms with Crippen molar-refractivity contribution in [2.75, 3.05) is 19.5 Å². The third-order valence-corrected chi connectivity index (χ3v) is 2.46. The Morgan fingerprint density at radius 1 is 1.32 bits per heavy atom. The van der Waals surface area contributed by atoms with Crippen LogP contribution in [0.1, 0.15) is 12.0 Å². The van der Waals surface area contributed by atoms with E-state index in [4.69, 9.17) is 5.26 Å². The molecule has 1 aromatic carbocycles. The lowest BCUT2D eigenvalue weighted by molar-refractivity contribution is -0.148. The normalized spacial score (nSPS) is 11.0. The van der Waals surface area contributed by atoms with Gasteiger partial charge in [0.2, 0.25) is 0 Å². The Labute approximate surface area is 110 Å². The molecule has 1 N–H and O–H groups in total. The fourth-order valence-corrected chi connectivity index (χ4v) is 1.48. The minimum atomic E-state index is -0.896. The number of hydrogen-bond acceptors (Lipinski definition) is 6. The van der Waals surface area contributed by atoms with Crippen LogP contribution in [0.5, 0.6) is 0 Å². The average Bonchev–Trinajstić information content (AvgIpc) is 2.45. The number of rotatable bonds is 5. The molecule has 0 aliphatic heterocycles. The standard InChI is InChI=1S/C13H14N2O4/c1-18-12(16)7-11(13(17)19-2)15-10-6-4-3-5-9(10)8-14/h3-6,11,15H,7H2,1-2H3/t11-/m1/s1. The summed E-state index contributed by atoms with van der Waals surface area (Å²) >= 11 is 0. The highest BCUT2D eigenvalue weighted by Crippen LogP contribution is 2.16. The van der Waals surface area contributed by atoms with E-state index >= 15 is 0 Å². The van der Waals surface area contributed by atoms with E-state index in [2.05, 4.69) is 14.8 Å². The van der Waals surface area contributed by atoms with Crippen molar-refractivity contribution in [1.29, 1.82) is 5.26 Å². The van der Waals surface area contributed by atoms with Crippen molar-refractivity contribution in [2.45, 2.75) is 12.5 Å². The lowest BCUT2D eigenvalue weighted by Gasteiger charge is -2.17. The Hall–Kier alpha value is -2.55. The van der Waals surface area contributed by atoms with E-state index < -0.39 is 18.0 Å². The molecule has 0 heterocycles. The van der Waals surface area contributed by atoms with Crippen LogP contribution in [0.25, 0.3) is 0 Å². The molecule has 0 aliphatic carbocycles. The summed E-state index contributed by atoms with van der Waals surface area (Å²) in [6, 6.07) is 7.77. The number of ether oxygens (including phenoxy) is 2. The smallest absolute Gasteiger partial charge is 0.328 e. The second-order valence-corrected chi connectivity index (χ2v) is 3.66. The third kappa shape index (κ3) is 4.00. The van der Waals surface area contributed by atoms with Crippen LogP contribution in [-0.2, 0) is 19.1 Å². The summed E-state index contributed by atoms with van der Waals surface area (Å²) in [5.74, 6) is -1.14. The number of nitrogens with one attached hydrogen (secondary N) is 1. The number of carbonyl (C=O) groups is 2. The number of esters is 2. The molecule has 100 valence electrons. The SMILES string of the molecule is COC(=O)C[C@@H](Nc1ccccc1C#N)C(=O)OC. The molecular formula is C13H14N2O4. The minimum absolute atomic E-state index is 0.178. The van der Waals surface area contributed by atoms with Gasteiger partial charge in [-0.2, -0.15) is 5.26 Å². The number of methoxy groups -OCH3 is 2. The molecule has 6 nitrogen and oxygen atoms in total. The van der Waals surface area contributed by atoms with Crippen LogP contribution in [-0.4, -0.2) is 32.2 Å². The van der Waals surface area contributed by atoms with E-state index in [9.17, 15) is 9.59 Å². The Morgan fingerprint density at radius 3 is 2.58 bits per heavy atom. The van der Waals surface area contributed by atoms with Crippen LogP contribution in [0.2, 0.25) is 0 Å². The molecule has 0 saturated carbocycles. The van der Waals surface area contributed by atoms with Crippen molar-refractivity contribution in [3.05, 3.63) is 29.8 Å². The van der Waals surface area contributed by atoms with E-state index in [0.717, 1.165) is 0 Å². The van der Waals surface area contributed by atoms with Crippen LogP contribution in [0.4, 0.5) is 5.69 Å². The van der Waals surface area contributed by atoms with Crippen LogP contribution in [0.15, 0.2) is 24.3 Å². The van der Waals surface area contributed by atoms with Gasteiger partial charge in [0, 0.05) is 0 Å². The summed E-state index contributed by atoms with van der Waals surface area (Å²) in [4.78, 5) is 22.8. The molecular weight excluding hydrogens is 248 g/mol. The maximum absolute atomic E-state index is 11.6. The average molecular weight is 262 g/mol. The van der Waals surface area contributed by atoms with E-state index in [1.54, 1.807) is 24.3 Å². The molecule has 19 heavy (non-hydrogen) atoms. The molecule has 0 aromatic heterocycles. The van der Waals surface area contributed by atoms with Gasteiger partial charge in [0.05, 0.1) is 31.9 Å². The molecule has 0 bridgehead atoms. The molecule has 0 radical (unpaired) electrons. The summed E-state index contributed by atoms with van der Waals surface area (Å²) in [6.07, 6.45) is -0.178. The Bertz CT molecular complexity index is 508. The molecule has 1 aromatic rings. The van der Waals surface area contributed by atoms with Gasteiger partial charge in [-0.1, -0.05) is 12.1 Å². The first-order valence-electron chi connectivity index (χ1n) is 5.52. The second-order valence-electron chi connectivity index (χ2n) is 3.66. The van der Waals surface area contributed by atoms with Crippen molar-refractivity contribution in [2.24, 2.45) is 0 Å². The summed E-state index contributed by atoms with van der Waals surface area (Å²) in [5, 5.41) is 11.8. The molecule has 0 fully saturated rings. The summed E-state index contributed by atoms with van der Waals surface area (Å²) < 4.78 is 9.13. The molecule has 1 atom stereocenters. The minimum Gasteiger partial charge on any atom is -0.469 e. The quantitative estimate of drug-likeness (QED) is 0.799. The zero-order valence-electron chi connectivity index (χ0n) is 10.7. The summed E-state index contributed by atoms with van der Waals surface area (Å²) in [5.41, 5.74) is 0.838. The van der Waals surface area contributed by atoms with Gasteiger partial charge in [-0.25, -0.2) is 4.79 Å². The van der Waals surface area contributed by atoms with E-state index in [1.807, 2.05) is 6.07 Å². The molecule has 0 amide bonds. The Morgan fingerprint density at radius 2 is 2.00 bits per heavy atom. The predicted octanol–water partition coefficient (Wildman–Crippen LogP) is 1.07. The van der Waals surface area contributed by atoms with Crippen molar-refractivity contribution < 1.29 is 19.1 Å². The predicted molar refractivity (Wildman–Crippen MR) is 67.2 cm³/mol. The van der Waals surface area contributed by atoms with Crippen LogP contribution < -0.4 is 5.32 Å². The fraction of sp³-hybridized carbons (Fsp3) is 0.308. The third-order valence-electron chi connectivity index (χ3n) is 2.46. The molecule has 6 heteroatoms. The van der Waals surface area contributed by atoms with Gasteiger partial charge in [-0.3, -0.25) is 4.79 Å². The second kappa shape index (κ2) is 7.01. The molecule has 0 spiro atoms. The van der Waals surface area contributed by atoms with Crippen LogP contribution in [0, 0.1) is 11.3 Å². The maximum Gasteiger partial charge on any atom is 0.328 e. The van der Waals surface area contributed by atoms with Crippen LogP contribution >= 0.6 is 0 Å². The number of carbonyl (C=O) groups excluding carboxylic acids is 2. The van der Waals surface area contributed by atoms with Gasteiger partial charge < -0.3 is 14.8 Å². The van der Waals surface area contributed by atoms with E-state index in [0.29, 0.717) is 11.3 Å². The topological polar surface area (TPSA) is 88.4 Å². The van der Waals surface area contributed by atoms with Crippen molar-refractivity contribution >= 4 is 17.6 Å². The highest BCUT2D eigenvalue weighted by atomic mass is 16.5. The summed E-state index contributed by atoms with van der Waals surface area (Å²) in [6.45, 7) is 0. The van der Waals surface area contributed by atoms with Gasteiger partial charge in [0.15, 0.2) is 0 Å². The monoisotopic (exact) mass is 262 g/mol. The number of nitrogens with zero attached hydrogens (tertiary/aromatic N) is 1. The molecule has 0 aliphatic rings. The van der Waals surface area contributed by atoms with Crippen molar-refractivity contribution in [3.63, 3.8) is 0 Å². The largest absolute Gasteiger partial charge is 0.469 e. The van der Waals surface area contributed by atoms with Gasteiger partial charge >= 0.3 is 11.9 Å². The van der Waals surface area contributed by atoms with Crippen LogP contribution in [0.3, 0.4) is 0 Å². The highest BCUT2D eigenvalue weighted by molar-refractivity contribution is 5.85. The fourth-order valence-electron chi connectivity index (χ4n) is 1.48. The van der Waals surface area contributed by atoms with E-state index in [1.165, 1.54) is 14.2 Å². The molecule has 1 rings (SSSR count). The number of benzene rings is 1. The zero-order chi connectivity index (χ0) is 14.3. The Balaban J connectivity index is 2.91. The number of nitriles is 1. The molecule has 0 saturated heterocycles. The first-order valence-corrected chi connectivity index (χ1v) is 5.52. The first-order chi connectivity index (χ1) is 9.12. The van der Waals surface area contributed by atoms with Crippen molar-refractivity contribution in [3.8, 4) is 6.07 Å². The summed E-state index contributed by atoms with van der Waals surface area (Å²) in [7, 11) is 2.46. The zero-order valence-corrected chi connectivity index (χ0v) is 10.7. The van der Waals surface area contributed by atoms with Gasteiger partial charge in [-0.05, 0) is 12.1 Å². The van der Waals surface area contributed by atoms with Crippen molar-refractivity contribution in [1.82, 2.24) is 0 Å². The number of hydrogen-bond donors (Lipinski definition) is 1. The Kier molecular flexibility index (Phi) is 5.35. The lowest BCUT2D eigenvalue weighted by atomic mass is 10.1. The first kappa shape index (κ1) is 14.5. The van der Waals surface area contributed by atoms with Gasteiger partial charge in [0.25, 0.3) is 0 Å². The maximum atomic E-state index is 11.6. The number of para-hydroxylation sites is 1.